The molecule has 1 fully saturated rings. The summed E-state index contributed by atoms with van der Waals surface area (Å²) in [7, 11) is 0. The summed E-state index contributed by atoms with van der Waals surface area (Å²) in [4.78, 5) is 17.2. The lowest BCUT2D eigenvalue weighted by atomic mass is 9.87. The summed E-state index contributed by atoms with van der Waals surface area (Å²) in [5.41, 5.74) is 5.92. The fourth-order valence-corrected chi connectivity index (χ4v) is 5.19. The number of hydrogen-bond acceptors (Lipinski definition) is 9. The van der Waals surface area contributed by atoms with E-state index in [1.54, 1.807) is 17.7 Å². The van der Waals surface area contributed by atoms with Crippen LogP contribution >= 0.6 is 11.3 Å². The molecular weight excluding hydrogens is 376 g/mol. The van der Waals surface area contributed by atoms with Gasteiger partial charge in [0.25, 0.3) is 0 Å². The second-order valence-corrected chi connectivity index (χ2v) is 8.59. The van der Waals surface area contributed by atoms with Crippen molar-refractivity contribution in [1.29, 1.82) is 0 Å². The van der Waals surface area contributed by atoms with Crippen LogP contribution in [-0.4, -0.2) is 46.9 Å². The molecule has 5 heterocycles. The lowest BCUT2D eigenvalue weighted by Crippen LogP contribution is -2.40. The Kier molecular flexibility index (Phi) is 4.35. The van der Waals surface area contributed by atoms with E-state index in [2.05, 4.69) is 34.1 Å². The van der Waals surface area contributed by atoms with Crippen LogP contribution in [0.15, 0.2) is 6.33 Å². The van der Waals surface area contributed by atoms with Crippen molar-refractivity contribution < 1.29 is 9.47 Å². The van der Waals surface area contributed by atoms with E-state index < -0.39 is 0 Å². The highest BCUT2D eigenvalue weighted by Crippen LogP contribution is 2.44. The van der Waals surface area contributed by atoms with Crippen molar-refractivity contribution >= 4 is 43.4 Å². The molecule has 3 N–H and O–H groups in total. The first-order valence-corrected chi connectivity index (χ1v) is 10.5. The number of nitrogens with zero attached hydrogens (tertiary/aromatic N) is 4. The number of hydrazine groups is 1. The first-order chi connectivity index (χ1) is 13.6. The number of pyridine rings is 1. The number of thiophene rings is 1. The number of anilines is 2. The van der Waals surface area contributed by atoms with Gasteiger partial charge in [-0.1, -0.05) is 6.92 Å². The summed E-state index contributed by atoms with van der Waals surface area (Å²) in [6.45, 7) is 8.07. The van der Waals surface area contributed by atoms with Crippen LogP contribution in [0.1, 0.15) is 31.4 Å². The number of aromatic nitrogens is 3. The van der Waals surface area contributed by atoms with E-state index in [-0.39, 0.29) is 5.60 Å². The predicted octanol–water partition coefficient (Wildman–Crippen LogP) is 2.60. The molecule has 1 atom stereocenters. The maximum atomic E-state index is 6.30. The molecule has 2 aliphatic heterocycles. The Morgan fingerprint density at radius 2 is 2.11 bits per heavy atom. The molecule has 0 spiro atoms. The van der Waals surface area contributed by atoms with Crippen LogP contribution in [0.5, 0.6) is 0 Å². The summed E-state index contributed by atoms with van der Waals surface area (Å²) < 4.78 is 12.8. The summed E-state index contributed by atoms with van der Waals surface area (Å²) in [5, 5.41) is 1.12. The SMILES string of the molecule is CC[C@]1(C)Cc2c(c(N3CCOCC3)nc3sc4c(NN)ncnc4c23)CO1. The third-order valence-electron chi connectivity index (χ3n) is 5.91. The van der Waals surface area contributed by atoms with Crippen molar-refractivity contribution in [3.8, 4) is 0 Å². The zero-order valence-electron chi connectivity index (χ0n) is 16.1. The first kappa shape index (κ1) is 18.0. The quantitative estimate of drug-likeness (QED) is 0.511. The zero-order valence-corrected chi connectivity index (χ0v) is 16.9. The number of nitrogen functional groups attached to an aromatic ring is 1. The van der Waals surface area contributed by atoms with Crippen molar-refractivity contribution in [2.45, 2.75) is 38.9 Å². The number of nitrogens with two attached hydrogens (primary N) is 1. The van der Waals surface area contributed by atoms with E-state index in [1.807, 2.05) is 0 Å². The Bertz CT molecular complexity index is 1050. The monoisotopic (exact) mass is 400 g/mol. The molecule has 5 rings (SSSR count). The third-order valence-corrected chi connectivity index (χ3v) is 6.99. The largest absolute Gasteiger partial charge is 0.378 e. The number of fused-ring (bicyclic) bond motifs is 5. The molecule has 3 aromatic rings. The van der Waals surface area contributed by atoms with Gasteiger partial charge in [-0.15, -0.1) is 11.3 Å². The van der Waals surface area contributed by atoms with Crippen LogP contribution in [0.4, 0.5) is 11.6 Å². The molecule has 148 valence electrons. The van der Waals surface area contributed by atoms with E-state index >= 15 is 0 Å². The van der Waals surface area contributed by atoms with Gasteiger partial charge in [-0.2, -0.15) is 0 Å². The minimum atomic E-state index is -0.181. The normalized spacial score (nSPS) is 22.6. The number of morpholine rings is 1. The molecule has 1 saturated heterocycles. The average Bonchev–Trinajstić information content (AvgIpc) is 3.12. The van der Waals surface area contributed by atoms with Gasteiger partial charge < -0.3 is 19.8 Å². The Morgan fingerprint density at radius 1 is 1.29 bits per heavy atom. The highest BCUT2D eigenvalue weighted by Gasteiger charge is 2.35. The lowest BCUT2D eigenvalue weighted by molar-refractivity contribution is -0.0558. The lowest BCUT2D eigenvalue weighted by Gasteiger charge is -2.37. The van der Waals surface area contributed by atoms with Crippen molar-refractivity contribution in [3.63, 3.8) is 0 Å². The van der Waals surface area contributed by atoms with Crippen molar-refractivity contribution in [2.24, 2.45) is 5.84 Å². The second kappa shape index (κ2) is 6.77. The summed E-state index contributed by atoms with van der Waals surface area (Å²) in [6.07, 6.45) is 3.36. The maximum absolute atomic E-state index is 6.30. The molecule has 9 heteroatoms. The first-order valence-electron chi connectivity index (χ1n) is 9.66. The highest BCUT2D eigenvalue weighted by molar-refractivity contribution is 7.26. The van der Waals surface area contributed by atoms with Gasteiger partial charge in [0.15, 0.2) is 5.82 Å². The third kappa shape index (κ3) is 2.73. The van der Waals surface area contributed by atoms with Crippen LogP contribution in [-0.2, 0) is 22.5 Å². The van der Waals surface area contributed by atoms with E-state index in [0.717, 1.165) is 65.4 Å². The van der Waals surface area contributed by atoms with Crippen molar-refractivity contribution in [2.75, 3.05) is 36.6 Å². The minimum Gasteiger partial charge on any atom is -0.378 e. The standard InChI is InChI=1S/C19H24N6O2S/c1-3-19(2)8-11-12(9-27-19)17(25-4-6-26-7-5-25)23-18-13(11)14-15(28-18)16(24-20)22-10-21-14/h10H,3-9,20H2,1-2H3,(H,21,22,24)/t19-/m1/s1. The molecular formula is C19H24N6O2S. The number of ether oxygens (including phenoxy) is 2. The second-order valence-electron chi connectivity index (χ2n) is 7.59. The molecule has 8 nitrogen and oxygen atoms in total. The van der Waals surface area contributed by atoms with Crippen molar-refractivity contribution in [3.05, 3.63) is 17.5 Å². The van der Waals surface area contributed by atoms with Gasteiger partial charge in [-0.25, -0.2) is 20.8 Å². The molecule has 0 bridgehead atoms. The van der Waals surface area contributed by atoms with Crippen LogP contribution in [0.25, 0.3) is 20.4 Å². The van der Waals surface area contributed by atoms with Gasteiger partial charge in [0, 0.05) is 30.5 Å². The fourth-order valence-electron chi connectivity index (χ4n) is 4.08. The van der Waals surface area contributed by atoms with Crippen LogP contribution in [0.3, 0.4) is 0 Å². The molecule has 0 amide bonds. The summed E-state index contributed by atoms with van der Waals surface area (Å²) in [6, 6.07) is 0. The molecule has 3 aromatic heterocycles. The molecule has 0 unspecified atom stereocenters. The van der Waals surface area contributed by atoms with Gasteiger partial charge in [0.05, 0.1) is 35.6 Å². The zero-order chi connectivity index (χ0) is 19.3. The Hall–Kier alpha value is -2.07. The average molecular weight is 401 g/mol. The van der Waals surface area contributed by atoms with Crippen LogP contribution in [0, 0.1) is 0 Å². The minimum absolute atomic E-state index is 0.181. The van der Waals surface area contributed by atoms with Gasteiger partial charge in [0.1, 0.15) is 17.0 Å². The van der Waals surface area contributed by atoms with Gasteiger partial charge >= 0.3 is 0 Å². The van der Waals surface area contributed by atoms with E-state index in [1.165, 1.54) is 11.1 Å². The smallest absolute Gasteiger partial charge is 0.161 e. The number of rotatable bonds is 3. The molecule has 0 aliphatic carbocycles. The van der Waals surface area contributed by atoms with Gasteiger partial charge in [-0.05, 0) is 18.9 Å². The van der Waals surface area contributed by atoms with E-state index in [4.69, 9.17) is 20.3 Å². The number of nitrogens with one attached hydrogen (secondary N) is 1. The van der Waals surface area contributed by atoms with Gasteiger partial charge in [0.2, 0.25) is 0 Å². The van der Waals surface area contributed by atoms with Gasteiger partial charge in [-0.3, -0.25) is 0 Å². The Labute approximate surface area is 167 Å². The molecule has 28 heavy (non-hydrogen) atoms. The fraction of sp³-hybridized carbons (Fsp3) is 0.526. The van der Waals surface area contributed by atoms with E-state index in [9.17, 15) is 0 Å². The maximum Gasteiger partial charge on any atom is 0.161 e. The highest BCUT2D eigenvalue weighted by atomic mass is 32.1. The van der Waals surface area contributed by atoms with Crippen LogP contribution in [0.2, 0.25) is 0 Å². The summed E-state index contributed by atoms with van der Waals surface area (Å²) in [5.74, 6) is 7.35. The van der Waals surface area contributed by atoms with E-state index in [0.29, 0.717) is 12.4 Å². The Morgan fingerprint density at radius 3 is 2.86 bits per heavy atom. The summed E-state index contributed by atoms with van der Waals surface area (Å²) >= 11 is 1.59. The topological polar surface area (TPSA) is 98.4 Å². The number of hydrogen-bond donors (Lipinski definition) is 2. The van der Waals surface area contributed by atoms with Crippen LogP contribution < -0.4 is 16.2 Å². The molecule has 0 radical (unpaired) electrons. The predicted molar refractivity (Wildman–Crippen MR) is 111 cm³/mol. The molecule has 2 aliphatic rings. The molecule has 0 saturated carbocycles. The van der Waals surface area contributed by atoms with Crippen molar-refractivity contribution in [1.82, 2.24) is 15.0 Å². The Balaban J connectivity index is 1.80. The molecule has 0 aromatic carbocycles.